The smallest absolute Gasteiger partial charge is 0.260 e. The number of hydrogen-bond donors (Lipinski definition) is 2. The Hall–Kier alpha value is -2.49. The fourth-order valence-electron chi connectivity index (χ4n) is 2.87. The Bertz CT molecular complexity index is 1230. The molecule has 1 amide bonds. The maximum Gasteiger partial charge on any atom is 0.260 e. The van der Waals surface area contributed by atoms with Gasteiger partial charge in [0.25, 0.3) is 5.56 Å². The number of thiophene rings is 2. The van der Waals surface area contributed by atoms with Gasteiger partial charge in [0, 0.05) is 21.5 Å². The van der Waals surface area contributed by atoms with Crippen molar-refractivity contribution in [3.8, 4) is 10.4 Å². The molecule has 0 aliphatic carbocycles. The van der Waals surface area contributed by atoms with Crippen molar-refractivity contribution in [2.45, 2.75) is 12.7 Å². The lowest BCUT2D eigenvalue weighted by Crippen LogP contribution is -2.16. The van der Waals surface area contributed by atoms with Gasteiger partial charge >= 0.3 is 0 Å². The average Bonchev–Trinajstić information content (AvgIpc) is 3.33. The summed E-state index contributed by atoms with van der Waals surface area (Å²) in [5.41, 5.74) is 1.99. The molecule has 0 saturated heterocycles. The van der Waals surface area contributed by atoms with E-state index in [0.29, 0.717) is 33.0 Å². The summed E-state index contributed by atoms with van der Waals surface area (Å²) < 4.78 is 13.1. The van der Waals surface area contributed by atoms with E-state index in [0.717, 1.165) is 10.4 Å². The molecule has 0 spiro atoms. The van der Waals surface area contributed by atoms with Gasteiger partial charge in [0.15, 0.2) is 0 Å². The first-order valence-corrected chi connectivity index (χ1v) is 11.6. The zero-order valence-corrected chi connectivity index (χ0v) is 17.8. The Labute approximate surface area is 178 Å². The molecular formula is C20H16FN3O2S3. The summed E-state index contributed by atoms with van der Waals surface area (Å²) in [4.78, 5) is 33.8. The Morgan fingerprint density at radius 3 is 2.93 bits per heavy atom. The monoisotopic (exact) mass is 445 g/mol. The lowest BCUT2D eigenvalue weighted by molar-refractivity contribution is -0.113. The molecule has 3 heterocycles. The maximum atomic E-state index is 13.1. The van der Waals surface area contributed by atoms with E-state index in [1.165, 1.54) is 35.2 Å². The molecule has 1 aromatic carbocycles. The third-order valence-corrected chi connectivity index (χ3v) is 6.93. The number of fused-ring (bicyclic) bond motifs is 1. The molecule has 5 nitrogen and oxygen atoms in total. The van der Waals surface area contributed by atoms with Crippen LogP contribution in [0, 0.1) is 12.7 Å². The van der Waals surface area contributed by atoms with Crippen LogP contribution < -0.4 is 10.9 Å². The number of amides is 1. The number of rotatable bonds is 6. The number of anilines is 1. The number of aryl methyl sites for hydroxylation is 1. The third kappa shape index (κ3) is 4.42. The molecule has 4 rings (SSSR count). The number of nitrogens with one attached hydrogen (secondary N) is 2. The summed E-state index contributed by atoms with van der Waals surface area (Å²) in [6, 6.07) is 8.16. The lowest BCUT2D eigenvalue weighted by atomic mass is 10.2. The molecule has 2 N–H and O–H groups in total. The van der Waals surface area contributed by atoms with Gasteiger partial charge in [-0.25, -0.2) is 9.37 Å². The van der Waals surface area contributed by atoms with Crippen LogP contribution in [0.15, 0.2) is 45.9 Å². The van der Waals surface area contributed by atoms with E-state index in [1.807, 2.05) is 22.9 Å². The number of thioether (sulfide) groups is 1. The van der Waals surface area contributed by atoms with Crippen LogP contribution in [0.4, 0.5) is 10.1 Å². The average molecular weight is 446 g/mol. The zero-order valence-electron chi connectivity index (χ0n) is 15.3. The summed E-state index contributed by atoms with van der Waals surface area (Å²) in [5.74, 6) is 0.620. The second-order valence-electron chi connectivity index (χ2n) is 6.32. The standard InChI is InChI=1S/C20H16FN3O2S3/c1-11-7-12(21)4-5-14(11)22-17(25)10-27-9-16-23-19(26)18-13(8-29-20(18)24-16)15-3-2-6-28-15/h2-8H,9-10H2,1H3,(H,22,25)(H,23,24,26). The van der Waals surface area contributed by atoms with Crippen molar-refractivity contribution in [2.75, 3.05) is 11.1 Å². The highest BCUT2D eigenvalue weighted by molar-refractivity contribution is 7.99. The molecule has 0 fully saturated rings. The molecule has 0 bridgehead atoms. The van der Waals surface area contributed by atoms with Crippen LogP contribution in [0.1, 0.15) is 11.4 Å². The van der Waals surface area contributed by atoms with Crippen LogP contribution in [-0.4, -0.2) is 21.6 Å². The number of carbonyl (C=O) groups is 1. The Morgan fingerprint density at radius 2 is 2.17 bits per heavy atom. The van der Waals surface area contributed by atoms with Gasteiger partial charge in [-0.2, -0.15) is 0 Å². The highest BCUT2D eigenvalue weighted by atomic mass is 32.2. The van der Waals surface area contributed by atoms with Crippen molar-refractivity contribution in [3.05, 3.63) is 68.7 Å². The number of nitrogens with zero attached hydrogens (tertiary/aromatic N) is 1. The quantitative estimate of drug-likeness (QED) is 0.436. The van der Waals surface area contributed by atoms with E-state index < -0.39 is 0 Å². The first-order valence-electron chi connectivity index (χ1n) is 8.69. The van der Waals surface area contributed by atoms with Gasteiger partial charge in [0.2, 0.25) is 5.91 Å². The highest BCUT2D eigenvalue weighted by Gasteiger charge is 2.14. The van der Waals surface area contributed by atoms with Crippen molar-refractivity contribution in [1.82, 2.24) is 9.97 Å². The molecule has 4 aromatic rings. The Balaban J connectivity index is 1.41. The molecule has 148 valence electrons. The van der Waals surface area contributed by atoms with Crippen LogP contribution in [0.5, 0.6) is 0 Å². The number of aromatic nitrogens is 2. The minimum atomic E-state index is -0.337. The van der Waals surface area contributed by atoms with E-state index in [4.69, 9.17) is 0 Å². The second-order valence-corrected chi connectivity index (χ2v) is 9.11. The van der Waals surface area contributed by atoms with E-state index in [-0.39, 0.29) is 23.0 Å². The molecule has 0 aliphatic heterocycles. The van der Waals surface area contributed by atoms with Crippen molar-refractivity contribution < 1.29 is 9.18 Å². The van der Waals surface area contributed by atoms with Crippen molar-refractivity contribution in [3.63, 3.8) is 0 Å². The molecule has 0 unspecified atom stereocenters. The number of halogens is 1. The van der Waals surface area contributed by atoms with E-state index in [9.17, 15) is 14.0 Å². The number of aromatic amines is 1. The van der Waals surface area contributed by atoms with Gasteiger partial charge < -0.3 is 10.3 Å². The van der Waals surface area contributed by atoms with Crippen LogP contribution in [-0.2, 0) is 10.5 Å². The fraction of sp³-hybridized carbons (Fsp3) is 0.150. The van der Waals surface area contributed by atoms with E-state index in [1.54, 1.807) is 24.3 Å². The summed E-state index contributed by atoms with van der Waals surface area (Å²) in [5, 5.41) is 7.30. The van der Waals surface area contributed by atoms with E-state index in [2.05, 4.69) is 15.3 Å². The molecule has 0 atom stereocenters. The third-order valence-electron chi connectivity index (χ3n) is 4.21. The first kappa shape index (κ1) is 19.8. The summed E-state index contributed by atoms with van der Waals surface area (Å²) in [6.07, 6.45) is 0. The summed E-state index contributed by atoms with van der Waals surface area (Å²) in [7, 11) is 0. The van der Waals surface area contributed by atoms with E-state index >= 15 is 0 Å². The predicted molar refractivity (Wildman–Crippen MR) is 119 cm³/mol. The molecule has 29 heavy (non-hydrogen) atoms. The number of H-pyrrole nitrogens is 1. The minimum absolute atomic E-state index is 0.165. The van der Waals surface area contributed by atoms with Crippen LogP contribution in [0.25, 0.3) is 20.7 Å². The van der Waals surface area contributed by atoms with Gasteiger partial charge in [-0.05, 0) is 42.1 Å². The maximum absolute atomic E-state index is 13.1. The van der Waals surface area contributed by atoms with Gasteiger partial charge in [-0.3, -0.25) is 9.59 Å². The molecular weight excluding hydrogens is 429 g/mol. The first-order chi connectivity index (χ1) is 14.0. The number of carbonyl (C=O) groups excluding carboxylic acids is 1. The van der Waals surface area contributed by atoms with Crippen LogP contribution in [0.2, 0.25) is 0 Å². The second kappa shape index (κ2) is 8.48. The topological polar surface area (TPSA) is 74.8 Å². The Kier molecular flexibility index (Phi) is 5.79. The molecule has 9 heteroatoms. The van der Waals surface area contributed by atoms with Gasteiger partial charge in [0.1, 0.15) is 16.5 Å². The SMILES string of the molecule is Cc1cc(F)ccc1NC(=O)CSCc1nc2scc(-c3cccs3)c2c(=O)[nH]1. The Morgan fingerprint density at radius 1 is 1.31 bits per heavy atom. The van der Waals surface area contributed by atoms with Gasteiger partial charge in [0.05, 0.1) is 16.9 Å². The predicted octanol–water partition coefficient (Wildman–Crippen LogP) is 5.03. The fourth-order valence-corrected chi connectivity index (χ4v) is 5.34. The normalized spacial score (nSPS) is 11.1. The van der Waals surface area contributed by atoms with Crippen LogP contribution >= 0.6 is 34.4 Å². The molecule has 3 aromatic heterocycles. The summed E-state index contributed by atoms with van der Waals surface area (Å²) in [6.45, 7) is 1.74. The minimum Gasteiger partial charge on any atom is -0.325 e. The molecule has 0 aliphatic rings. The van der Waals surface area contributed by atoms with Crippen molar-refractivity contribution >= 4 is 56.2 Å². The van der Waals surface area contributed by atoms with Gasteiger partial charge in [-0.15, -0.1) is 34.4 Å². The summed E-state index contributed by atoms with van der Waals surface area (Å²) >= 11 is 4.38. The van der Waals surface area contributed by atoms with Crippen molar-refractivity contribution in [2.24, 2.45) is 0 Å². The zero-order chi connectivity index (χ0) is 20.4. The molecule has 0 radical (unpaired) electrons. The van der Waals surface area contributed by atoms with Crippen molar-refractivity contribution in [1.29, 1.82) is 0 Å². The highest BCUT2D eigenvalue weighted by Crippen LogP contribution is 2.33. The lowest BCUT2D eigenvalue weighted by Gasteiger charge is -2.08. The van der Waals surface area contributed by atoms with Gasteiger partial charge in [-0.1, -0.05) is 6.07 Å². The number of benzene rings is 1. The molecule has 0 saturated carbocycles. The van der Waals surface area contributed by atoms with Crippen LogP contribution in [0.3, 0.4) is 0 Å². The largest absolute Gasteiger partial charge is 0.325 e. The number of hydrogen-bond acceptors (Lipinski definition) is 6.